The molecule has 0 N–H and O–H groups in total. The van der Waals surface area contributed by atoms with E-state index in [-0.39, 0.29) is 23.6 Å². The van der Waals surface area contributed by atoms with E-state index < -0.39 is 15.4 Å². The first-order chi connectivity index (χ1) is 17.1. The molecule has 3 aliphatic heterocycles. The summed E-state index contributed by atoms with van der Waals surface area (Å²) in [5.41, 5.74) is 1.24. The lowest BCUT2D eigenvalue weighted by molar-refractivity contribution is -0.182. The van der Waals surface area contributed by atoms with Gasteiger partial charge in [-0.1, -0.05) is 0 Å². The number of nitrogens with zero attached hydrogens (tertiary/aromatic N) is 3. The molecule has 4 heterocycles. The Labute approximate surface area is 211 Å². The van der Waals surface area contributed by atoms with Crippen molar-refractivity contribution in [3.05, 3.63) is 36.0 Å². The maximum absolute atomic E-state index is 13.0. The fraction of sp³-hybridized carbons (Fsp3) is 0.520. The lowest BCUT2D eigenvalue weighted by Gasteiger charge is -2.35. The number of aromatic nitrogens is 1. The molecule has 0 aliphatic carbocycles. The molecule has 0 radical (unpaired) electrons. The Morgan fingerprint density at radius 2 is 2.03 bits per heavy atom. The average molecular weight is 518 g/mol. The molecule has 1 aromatic heterocycles. The fourth-order valence-corrected chi connectivity index (χ4v) is 5.80. The summed E-state index contributed by atoms with van der Waals surface area (Å²) < 4.78 is 47.2. The third-order valence-corrected chi connectivity index (χ3v) is 7.82. The Morgan fingerprint density at radius 3 is 2.75 bits per heavy atom. The molecule has 1 aromatic carbocycles. The Balaban J connectivity index is 1.31. The predicted octanol–water partition coefficient (Wildman–Crippen LogP) is 2.11. The number of hydrogen-bond acceptors (Lipinski definition) is 9. The molecule has 0 bridgehead atoms. The quantitative estimate of drug-likeness (QED) is 0.589. The van der Waals surface area contributed by atoms with Gasteiger partial charge in [-0.3, -0.25) is 4.79 Å². The Bertz CT molecular complexity index is 1260. The first-order valence-electron chi connectivity index (χ1n) is 12.0. The topological polar surface area (TPSA) is 108 Å². The number of likely N-dealkylation sites (tertiary alicyclic amines) is 1. The number of anilines is 2. The van der Waals surface area contributed by atoms with Crippen molar-refractivity contribution in [1.82, 2.24) is 9.88 Å². The lowest BCUT2D eigenvalue weighted by Crippen LogP contribution is -2.54. The minimum atomic E-state index is -3.40. The Hall–Kier alpha value is -2.89. The van der Waals surface area contributed by atoms with Gasteiger partial charge >= 0.3 is 0 Å². The number of aryl methyl sites for hydroxylation is 1. The summed E-state index contributed by atoms with van der Waals surface area (Å²) >= 11 is 0. The van der Waals surface area contributed by atoms with E-state index in [1.807, 2.05) is 29.2 Å². The van der Waals surface area contributed by atoms with Gasteiger partial charge in [-0.05, 0) is 37.6 Å². The van der Waals surface area contributed by atoms with E-state index in [1.165, 1.54) is 0 Å². The highest BCUT2D eigenvalue weighted by molar-refractivity contribution is 7.90. The van der Waals surface area contributed by atoms with Crippen LogP contribution < -0.4 is 14.4 Å². The molecule has 1 amide bonds. The molecular formula is C25H31N3O7S. The van der Waals surface area contributed by atoms with Crippen molar-refractivity contribution in [3.63, 3.8) is 0 Å². The van der Waals surface area contributed by atoms with Crippen molar-refractivity contribution in [2.45, 2.75) is 37.0 Å². The van der Waals surface area contributed by atoms with Crippen molar-refractivity contribution < 1.29 is 32.2 Å². The van der Waals surface area contributed by atoms with E-state index >= 15 is 0 Å². The molecule has 2 atom stereocenters. The Morgan fingerprint density at radius 1 is 1.19 bits per heavy atom. The van der Waals surface area contributed by atoms with E-state index in [0.717, 1.165) is 24.1 Å². The maximum atomic E-state index is 13.0. The van der Waals surface area contributed by atoms with Crippen LogP contribution in [0.4, 0.5) is 11.4 Å². The van der Waals surface area contributed by atoms with E-state index in [1.54, 1.807) is 24.9 Å². The molecule has 2 fully saturated rings. The average Bonchev–Trinajstić information content (AvgIpc) is 3.31. The molecule has 10 nitrogen and oxygen atoms in total. The van der Waals surface area contributed by atoms with Gasteiger partial charge in [0.15, 0.2) is 20.5 Å². The second-order valence-corrected chi connectivity index (χ2v) is 11.6. The summed E-state index contributed by atoms with van der Waals surface area (Å²) in [5.74, 6) is 1.31. The zero-order valence-corrected chi connectivity index (χ0v) is 21.5. The third kappa shape index (κ3) is 4.87. The van der Waals surface area contributed by atoms with Gasteiger partial charge in [0, 0.05) is 25.3 Å². The van der Waals surface area contributed by atoms with Crippen LogP contribution in [0.2, 0.25) is 0 Å². The van der Waals surface area contributed by atoms with Crippen molar-refractivity contribution in [1.29, 1.82) is 0 Å². The van der Waals surface area contributed by atoms with Gasteiger partial charge in [0.25, 0.3) is 5.91 Å². The van der Waals surface area contributed by atoms with Crippen LogP contribution >= 0.6 is 0 Å². The smallest absolute Gasteiger partial charge is 0.257 e. The summed E-state index contributed by atoms with van der Waals surface area (Å²) in [7, 11) is -3.40. The summed E-state index contributed by atoms with van der Waals surface area (Å²) in [5, 5.41) is 0.0798. The molecule has 2 aromatic rings. The van der Waals surface area contributed by atoms with Crippen LogP contribution in [0.15, 0.2) is 35.5 Å². The van der Waals surface area contributed by atoms with E-state index in [0.29, 0.717) is 56.5 Å². The summed E-state index contributed by atoms with van der Waals surface area (Å²) in [6.07, 6.45) is 3.31. The predicted molar refractivity (Wildman–Crippen MR) is 132 cm³/mol. The number of hydrogen-bond donors (Lipinski definition) is 0. The Kier molecular flexibility index (Phi) is 6.56. The second kappa shape index (κ2) is 9.53. The van der Waals surface area contributed by atoms with Crippen LogP contribution in [0.3, 0.4) is 0 Å². The van der Waals surface area contributed by atoms with Crippen molar-refractivity contribution >= 4 is 27.1 Å². The molecule has 5 rings (SSSR count). The molecule has 1 unspecified atom stereocenters. The third-order valence-electron chi connectivity index (χ3n) is 6.69. The molecule has 36 heavy (non-hydrogen) atoms. The number of benzene rings is 1. The minimum absolute atomic E-state index is 0.0706. The highest BCUT2D eigenvalue weighted by Crippen LogP contribution is 2.40. The zero-order valence-electron chi connectivity index (χ0n) is 20.7. The van der Waals surface area contributed by atoms with E-state index in [9.17, 15) is 13.2 Å². The number of rotatable bonds is 5. The molecule has 0 spiro atoms. The van der Waals surface area contributed by atoms with Crippen molar-refractivity contribution in [2.75, 3.05) is 57.2 Å². The monoisotopic (exact) mass is 517 g/mol. The van der Waals surface area contributed by atoms with Crippen molar-refractivity contribution in [3.8, 4) is 11.5 Å². The summed E-state index contributed by atoms with van der Waals surface area (Å²) in [4.78, 5) is 21.1. The van der Waals surface area contributed by atoms with Gasteiger partial charge in [0.2, 0.25) is 0 Å². The SMILES string of the molecule is Cc1cc(N2CCOc3ccc(O[C@H]4CCN(C(=O)C5(C)COCCO5)C4)cc32)cnc1S(C)(=O)=O. The van der Waals surface area contributed by atoms with Gasteiger partial charge in [0.1, 0.15) is 24.2 Å². The number of ether oxygens (including phenoxy) is 4. The number of fused-ring (bicyclic) bond motifs is 1. The van der Waals surface area contributed by atoms with Gasteiger partial charge in [0.05, 0.1) is 50.5 Å². The zero-order chi connectivity index (χ0) is 25.5. The maximum Gasteiger partial charge on any atom is 0.257 e. The number of pyridine rings is 1. The van der Waals surface area contributed by atoms with Crippen LogP contribution in [0, 0.1) is 6.92 Å². The first kappa shape index (κ1) is 24.8. The van der Waals surface area contributed by atoms with Crippen LogP contribution in [0.5, 0.6) is 11.5 Å². The van der Waals surface area contributed by atoms with E-state index in [2.05, 4.69) is 4.98 Å². The number of sulfone groups is 1. The van der Waals surface area contributed by atoms with Gasteiger partial charge in [-0.2, -0.15) is 0 Å². The summed E-state index contributed by atoms with van der Waals surface area (Å²) in [6.45, 7) is 6.85. The molecule has 194 valence electrons. The van der Waals surface area contributed by atoms with Gasteiger partial charge < -0.3 is 28.7 Å². The normalized spacial score (nSPS) is 24.2. The van der Waals surface area contributed by atoms with E-state index in [4.69, 9.17) is 18.9 Å². The molecular weight excluding hydrogens is 486 g/mol. The van der Waals surface area contributed by atoms with Crippen LogP contribution in [-0.2, 0) is 24.1 Å². The van der Waals surface area contributed by atoms with Crippen molar-refractivity contribution in [2.24, 2.45) is 0 Å². The van der Waals surface area contributed by atoms with Crippen LogP contribution in [-0.4, -0.2) is 88.2 Å². The van der Waals surface area contributed by atoms with Gasteiger partial charge in [-0.15, -0.1) is 0 Å². The standard InChI is InChI=1S/C25H31N3O7S/c1-17-12-18(14-26-23(17)36(3,30)31)28-8-9-33-22-5-4-19(13-21(22)28)35-20-6-7-27(15-20)24(29)25(2)16-32-10-11-34-25/h4-5,12-14,20H,6-11,15-16H2,1-3H3/t20-,25?/m0/s1. The lowest BCUT2D eigenvalue weighted by atomic mass is 10.1. The highest BCUT2D eigenvalue weighted by Gasteiger charge is 2.42. The minimum Gasteiger partial charge on any atom is -0.490 e. The van der Waals surface area contributed by atoms with Gasteiger partial charge in [-0.25, -0.2) is 13.4 Å². The molecule has 0 saturated carbocycles. The highest BCUT2D eigenvalue weighted by atomic mass is 32.2. The number of carbonyl (C=O) groups is 1. The van der Waals surface area contributed by atoms with Crippen LogP contribution in [0.25, 0.3) is 0 Å². The first-order valence-corrected chi connectivity index (χ1v) is 13.9. The largest absolute Gasteiger partial charge is 0.490 e. The fourth-order valence-electron chi connectivity index (χ4n) is 4.92. The molecule has 3 aliphatic rings. The molecule has 11 heteroatoms. The number of amides is 1. The summed E-state index contributed by atoms with van der Waals surface area (Å²) in [6, 6.07) is 7.47. The number of carbonyl (C=O) groups excluding carboxylic acids is 1. The molecule has 2 saturated heterocycles. The second-order valence-electron chi connectivity index (χ2n) is 9.63. The van der Waals surface area contributed by atoms with Crippen LogP contribution in [0.1, 0.15) is 18.9 Å².